The molecule has 0 aliphatic heterocycles. The summed E-state index contributed by atoms with van der Waals surface area (Å²) in [4.78, 5) is 12.8. The summed E-state index contributed by atoms with van der Waals surface area (Å²) in [6.07, 6.45) is -4.98. The van der Waals surface area contributed by atoms with Crippen molar-refractivity contribution in [1.82, 2.24) is 9.78 Å². The summed E-state index contributed by atoms with van der Waals surface area (Å²) in [5.41, 5.74) is -6.95. The highest BCUT2D eigenvalue weighted by molar-refractivity contribution is 7.88. The largest absolute Gasteiger partial charge is 0.573 e. The topological polar surface area (TPSA) is 96.7 Å². The van der Waals surface area contributed by atoms with Crippen molar-refractivity contribution in [2.75, 3.05) is 7.11 Å². The van der Waals surface area contributed by atoms with E-state index in [4.69, 9.17) is 4.74 Å². The molecule has 0 saturated heterocycles. The first kappa shape index (κ1) is 23.2. The van der Waals surface area contributed by atoms with Crippen LogP contribution in [0.2, 0.25) is 0 Å². The van der Waals surface area contributed by atoms with Gasteiger partial charge in [0.15, 0.2) is 0 Å². The molecular weight excluding hydrogens is 474 g/mol. The maximum atomic E-state index is 12.8. The number of halogens is 6. The molecule has 0 unspecified atom stereocenters. The van der Waals surface area contributed by atoms with Gasteiger partial charge in [0.05, 0.1) is 23.6 Å². The van der Waals surface area contributed by atoms with Crippen LogP contribution in [0.15, 0.2) is 47.3 Å². The molecule has 0 aliphatic carbocycles. The number of benzene rings is 2. The van der Waals surface area contributed by atoms with E-state index in [9.17, 15) is 39.6 Å². The number of rotatable bonds is 5. The van der Waals surface area contributed by atoms with Crippen LogP contribution in [0.25, 0.3) is 16.5 Å². The van der Waals surface area contributed by atoms with Crippen molar-refractivity contribution in [2.45, 2.75) is 11.9 Å². The average Bonchev–Trinajstić information content (AvgIpc) is 2.68. The molecule has 0 bridgehead atoms. The van der Waals surface area contributed by atoms with E-state index in [1.165, 1.54) is 13.2 Å². The van der Waals surface area contributed by atoms with E-state index in [2.05, 4.69) is 14.0 Å². The lowest BCUT2D eigenvalue weighted by atomic mass is 10.2. The minimum absolute atomic E-state index is 0.103. The summed E-state index contributed by atoms with van der Waals surface area (Å²) in [7, 11) is -4.91. The highest BCUT2D eigenvalue weighted by atomic mass is 32.2. The van der Waals surface area contributed by atoms with Crippen LogP contribution in [0.5, 0.6) is 17.4 Å². The Morgan fingerprint density at radius 1 is 0.906 bits per heavy atom. The van der Waals surface area contributed by atoms with Gasteiger partial charge in [-0.15, -0.1) is 18.3 Å². The zero-order chi connectivity index (χ0) is 23.9. The van der Waals surface area contributed by atoms with Crippen molar-refractivity contribution < 1.29 is 48.4 Å². The van der Waals surface area contributed by atoms with Crippen molar-refractivity contribution in [3.8, 4) is 23.1 Å². The molecule has 172 valence electrons. The van der Waals surface area contributed by atoms with Crippen LogP contribution in [-0.4, -0.2) is 37.2 Å². The predicted octanol–water partition coefficient (Wildman–Crippen LogP) is 3.52. The first-order valence-corrected chi connectivity index (χ1v) is 9.61. The summed E-state index contributed by atoms with van der Waals surface area (Å²) >= 11 is 0. The normalized spacial score (nSPS) is 12.6. The van der Waals surface area contributed by atoms with Gasteiger partial charge in [-0.25, -0.2) is 0 Å². The second kappa shape index (κ2) is 7.89. The van der Waals surface area contributed by atoms with E-state index in [1.54, 1.807) is 0 Å². The molecule has 32 heavy (non-hydrogen) atoms. The number of ether oxygens (including phenoxy) is 2. The van der Waals surface area contributed by atoms with Crippen LogP contribution in [0.4, 0.5) is 26.3 Å². The molecule has 0 aliphatic rings. The van der Waals surface area contributed by atoms with Gasteiger partial charge in [0.25, 0.3) is 11.4 Å². The Morgan fingerprint density at radius 3 is 2.03 bits per heavy atom. The Morgan fingerprint density at radius 2 is 1.50 bits per heavy atom. The highest BCUT2D eigenvalue weighted by Crippen LogP contribution is 2.31. The molecule has 0 atom stereocenters. The van der Waals surface area contributed by atoms with Gasteiger partial charge in [0, 0.05) is 0 Å². The minimum atomic E-state index is -6.15. The van der Waals surface area contributed by atoms with E-state index >= 15 is 0 Å². The number of hydrogen-bond acceptors (Lipinski definition) is 7. The molecule has 1 heterocycles. The molecule has 1 aromatic heterocycles. The molecule has 15 heteroatoms. The second-order valence-corrected chi connectivity index (χ2v) is 7.50. The Labute approximate surface area is 174 Å². The molecule has 0 radical (unpaired) electrons. The molecule has 8 nitrogen and oxygen atoms in total. The van der Waals surface area contributed by atoms with Crippen LogP contribution >= 0.6 is 0 Å². The van der Waals surface area contributed by atoms with Gasteiger partial charge in [-0.2, -0.15) is 26.3 Å². The van der Waals surface area contributed by atoms with E-state index in [-0.39, 0.29) is 22.2 Å². The van der Waals surface area contributed by atoms with Crippen molar-refractivity contribution >= 4 is 20.9 Å². The van der Waals surface area contributed by atoms with Gasteiger partial charge < -0.3 is 13.7 Å². The van der Waals surface area contributed by atoms with E-state index in [0.717, 1.165) is 36.4 Å². The van der Waals surface area contributed by atoms with Gasteiger partial charge in [0.1, 0.15) is 11.5 Å². The highest BCUT2D eigenvalue weighted by Gasteiger charge is 2.49. The number of aromatic nitrogens is 2. The predicted molar refractivity (Wildman–Crippen MR) is 96.2 cm³/mol. The molecular formula is C17H10F6N2O6S. The number of fused-ring (bicyclic) bond motifs is 1. The summed E-state index contributed by atoms with van der Waals surface area (Å²) in [6.45, 7) is 0. The Bertz CT molecular complexity index is 1320. The molecule has 0 spiro atoms. The van der Waals surface area contributed by atoms with Crippen molar-refractivity contribution in [3.05, 3.63) is 52.8 Å². The van der Waals surface area contributed by atoms with Gasteiger partial charge in [-0.3, -0.25) is 4.79 Å². The van der Waals surface area contributed by atoms with Crippen LogP contribution in [-0.2, 0) is 10.1 Å². The Kier molecular flexibility index (Phi) is 5.71. The summed E-state index contributed by atoms with van der Waals surface area (Å²) in [5, 5.41) is 2.82. The lowest BCUT2D eigenvalue weighted by Gasteiger charge is -2.14. The van der Waals surface area contributed by atoms with Crippen LogP contribution in [0.1, 0.15) is 0 Å². The SMILES string of the molecule is COc1ccc2c(OS(=O)(=O)C(F)(F)F)nn(-c3ccc(OC(F)(F)F)cc3)c(=O)c2c1. The average molecular weight is 484 g/mol. The second-order valence-electron chi connectivity index (χ2n) is 5.96. The Balaban J connectivity index is 2.21. The fraction of sp³-hybridized carbons (Fsp3) is 0.176. The quantitative estimate of drug-likeness (QED) is 0.311. The molecule has 2 aromatic carbocycles. The molecule has 3 aromatic rings. The maximum absolute atomic E-state index is 12.8. The monoisotopic (exact) mass is 484 g/mol. The Hall–Kier alpha value is -3.49. The van der Waals surface area contributed by atoms with Crippen molar-refractivity contribution in [3.63, 3.8) is 0 Å². The first-order valence-electron chi connectivity index (χ1n) is 8.20. The lowest BCUT2D eigenvalue weighted by Crippen LogP contribution is -2.30. The minimum Gasteiger partial charge on any atom is -0.497 e. The summed E-state index contributed by atoms with van der Waals surface area (Å²) in [6, 6.07) is 6.93. The molecule has 0 amide bonds. The van der Waals surface area contributed by atoms with Gasteiger partial charge in [-0.05, 0) is 42.5 Å². The van der Waals surface area contributed by atoms with Gasteiger partial charge in [-0.1, -0.05) is 0 Å². The van der Waals surface area contributed by atoms with Crippen LogP contribution in [0.3, 0.4) is 0 Å². The number of hydrogen-bond donors (Lipinski definition) is 0. The molecule has 0 fully saturated rings. The smallest absolute Gasteiger partial charge is 0.497 e. The number of nitrogens with zero attached hydrogens (tertiary/aromatic N) is 2. The zero-order valence-electron chi connectivity index (χ0n) is 15.6. The van der Waals surface area contributed by atoms with Gasteiger partial charge >= 0.3 is 22.0 Å². The van der Waals surface area contributed by atoms with Crippen molar-refractivity contribution in [2.24, 2.45) is 0 Å². The van der Waals surface area contributed by atoms with Crippen LogP contribution < -0.4 is 19.2 Å². The fourth-order valence-electron chi connectivity index (χ4n) is 2.49. The summed E-state index contributed by atoms with van der Waals surface area (Å²) in [5.74, 6) is -1.63. The third-order valence-corrected chi connectivity index (χ3v) is 4.80. The number of methoxy groups -OCH3 is 1. The molecule has 0 N–H and O–H groups in total. The van der Waals surface area contributed by atoms with Crippen LogP contribution in [0, 0.1) is 0 Å². The van der Waals surface area contributed by atoms with E-state index < -0.39 is 39.2 Å². The number of alkyl halides is 6. The summed E-state index contributed by atoms with van der Waals surface area (Å²) < 4.78 is 111. The van der Waals surface area contributed by atoms with E-state index in [0.29, 0.717) is 4.68 Å². The van der Waals surface area contributed by atoms with Gasteiger partial charge in [0.2, 0.25) is 0 Å². The fourth-order valence-corrected chi connectivity index (χ4v) is 2.92. The maximum Gasteiger partial charge on any atom is 0.573 e. The molecule has 0 saturated carbocycles. The standard InChI is InChI=1S/C17H10F6N2O6S/c1-29-11-6-7-12-13(8-11)15(26)25(24-14(12)31-32(27,28)17(21,22)23)9-2-4-10(5-3-9)30-16(18,19)20/h2-8H,1H3. The third kappa shape index (κ3) is 4.71. The molecule has 3 rings (SSSR count). The third-order valence-electron chi connectivity index (χ3n) is 3.86. The van der Waals surface area contributed by atoms with Crippen molar-refractivity contribution in [1.29, 1.82) is 0 Å². The zero-order valence-corrected chi connectivity index (χ0v) is 16.4. The van der Waals surface area contributed by atoms with E-state index in [1.807, 2.05) is 0 Å². The first-order chi connectivity index (χ1) is 14.7. The lowest BCUT2D eigenvalue weighted by molar-refractivity contribution is -0.274.